The van der Waals surface area contributed by atoms with Gasteiger partial charge in [-0.25, -0.2) is 14.8 Å². The molecule has 0 radical (unpaired) electrons. The maximum atomic E-state index is 12.5. The van der Waals surface area contributed by atoms with Gasteiger partial charge in [0.25, 0.3) is 0 Å². The van der Waals surface area contributed by atoms with E-state index in [2.05, 4.69) is 9.97 Å². The largest absolute Gasteiger partial charge is 0.458 e. The van der Waals surface area contributed by atoms with E-state index in [0.29, 0.717) is 29.3 Å². The Morgan fingerprint density at radius 1 is 1.27 bits per heavy atom. The lowest BCUT2D eigenvalue weighted by Gasteiger charge is -2.15. The summed E-state index contributed by atoms with van der Waals surface area (Å²) in [7, 11) is 0. The van der Waals surface area contributed by atoms with Gasteiger partial charge in [0.15, 0.2) is 23.2 Å². The number of aryl methyl sites for hydroxylation is 1. The number of nitrogens with one attached hydrogen (secondary N) is 1. The van der Waals surface area contributed by atoms with Crippen molar-refractivity contribution >= 4 is 38.9 Å². The molecule has 0 amide bonds. The van der Waals surface area contributed by atoms with E-state index in [-0.39, 0.29) is 12.2 Å². The first-order valence-electron chi connectivity index (χ1n) is 9.96. The summed E-state index contributed by atoms with van der Waals surface area (Å²) in [6, 6.07) is 3.81. The zero-order valence-corrected chi connectivity index (χ0v) is 17.5. The second kappa shape index (κ2) is 6.52. The van der Waals surface area contributed by atoms with E-state index in [1.165, 1.54) is 0 Å². The number of nitrogens with zero attached hydrogens (tertiary/aromatic N) is 2. The molecule has 4 aromatic rings. The van der Waals surface area contributed by atoms with Crippen molar-refractivity contribution < 1.29 is 23.4 Å². The number of ether oxygens (including phenoxy) is 3. The van der Waals surface area contributed by atoms with E-state index in [0.717, 1.165) is 27.4 Å². The summed E-state index contributed by atoms with van der Waals surface area (Å²) in [5.74, 6) is -0.635. The number of aromatic nitrogens is 3. The van der Waals surface area contributed by atoms with Crippen LogP contribution in [0.25, 0.3) is 32.9 Å². The van der Waals surface area contributed by atoms with Gasteiger partial charge in [-0.1, -0.05) is 0 Å². The Kier molecular flexibility index (Phi) is 4.13. The van der Waals surface area contributed by atoms with Crippen molar-refractivity contribution in [3.8, 4) is 0 Å². The van der Waals surface area contributed by atoms with E-state index in [1.54, 1.807) is 6.20 Å². The van der Waals surface area contributed by atoms with E-state index in [9.17, 15) is 4.79 Å². The van der Waals surface area contributed by atoms with Crippen LogP contribution in [-0.4, -0.2) is 39.4 Å². The van der Waals surface area contributed by atoms with Gasteiger partial charge in [0.1, 0.15) is 5.52 Å². The smallest absolute Gasteiger partial charge is 0.357 e. The predicted octanol–water partition coefficient (Wildman–Crippen LogP) is 4.55. The standard InChI is InChI=1S/C22H23N3O5/c1-10(2)28-21(26)18-11(3)16-13(8-23-18)24-12-6-7-14-19(17(12)16)25-20(29-14)15-9-27-22(4,5)30-15/h6-8,10,15,24H,9H2,1-5H3. The number of aromatic amines is 1. The monoisotopic (exact) mass is 409 g/mol. The molecular formula is C22H23N3O5. The van der Waals surface area contributed by atoms with Crippen LogP contribution >= 0.6 is 0 Å². The third kappa shape index (κ3) is 2.95. The summed E-state index contributed by atoms with van der Waals surface area (Å²) in [4.78, 5) is 25.0. The van der Waals surface area contributed by atoms with Gasteiger partial charge in [0, 0.05) is 16.3 Å². The topological polar surface area (TPSA) is 99.5 Å². The maximum absolute atomic E-state index is 12.5. The molecule has 0 saturated carbocycles. The van der Waals surface area contributed by atoms with Crippen molar-refractivity contribution in [2.75, 3.05) is 6.61 Å². The molecule has 1 fully saturated rings. The molecule has 0 aliphatic carbocycles. The number of rotatable bonds is 3. The number of benzene rings is 1. The van der Waals surface area contributed by atoms with Gasteiger partial charge >= 0.3 is 5.97 Å². The Morgan fingerprint density at radius 3 is 2.77 bits per heavy atom. The molecule has 3 aromatic heterocycles. The number of pyridine rings is 1. The molecule has 1 atom stereocenters. The number of carbonyl (C=O) groups is 1. The van der Waals surface area contributed by atoms with E-state index in [1.807, 2.05) is 46.8 Å². The predicted molar refractivity (Wildman–Crippen MR) is 110 cm³/mol. The molecule has 1 unspecified atom stereocenters. The Balaban J connectivity index is 1.70. The molecule has 1 N–H and O–H groups in total. The van der Waals surface area contributed by atoms with Crippen molar-refractivity contribution in [2.45, 2.75) is 52.6 Å². The average Bonchev–Trinajstić information content (AvgIpc) is 3.34. The first kappa shape index (κ1) is 19.0. The number of carbonyl (C=O) groups excluding carboxylic acids is 1. The average molecular weight is 409 g/mol. The molecular weight excluding hydrogens is 386 g/mol. The van der Waals surface area contributed by atoms with Crippen LogP contribution in [0.2, 0.25) is 0 Å². The first-order chi connectivity index (χ1) is 14.2. The van der Waals surface area contributed by atoms with Crippen molar-refractivity contribution in [1.82, 2.24) is 15.0 Å². The highest BCUT2D eigenvalue weighted by Crippen LogP contribution is 2.38. The fourth-order valence-corrected chi connectivity index (χ4v) is 3.96. The number of H-pyrrole nitrogens is 1. The molecule has 0 spiro atoms. The molecule has 0 bridgehead atoms. The van der Waals surface area contributed by atoms with Crippen LogP contribution in [0.15, 0.2) is 22.7 Å². The number of fused-ring (bicyclic) bond motifs is 5. The zero-order valence-electron chi connectivity index (χ0n) is 17.5. The molecule has 1 saturated heterocycles. The fraction of sp³-hybridized carbons (Fsp3) is 0.409. The molecule has 8 nitrogen and oxygen atoms in total. The summed E-state index contributed by atoms with van der Waals surface area (Å²) in [6.07, 6.45) is 1.06. The number of hydrogen-bond acceptors (Lipinski definition) is 7. The Labute approximate surface area is 172 Å². The summed E-state index contributed by atoms with van der Waals surface area (Å²) in [5.41, 5.74) is 4.10. The summed E-state index contributed by atoms with van der Waals surface area (Å²) < 4.78 is 22.9. The highest BCUT2D eigenvalue weighted by Gasteiger charge is 2.36. The quantitative estimate of drug-likeness (QED) is 0.495. The van der Waals surface area contributed by atoms with Crippen LogP contribution in [0.1, 0.15) is 55.7 Å². The summed E-state index contributed by atoms with van der Waals surface area (Å²) in [5, 5.41) is 1.76. The summed E-state index contributed by atoms with van der Waals surface area (Å²) >= 11 is 0. The molecule has 1 aliphatic rings. The second-order valence-electron chi connectivity index (χ2n) is 8.30. The van der Waals surface area contributed by atoms with Gasteiger partial charge in [-0.2, -0.15) is 0 Å². The third-order valence-corrected chi connectivity index (χ3v) is 5.24. The third-order valence-electron chi connectivity index (χ3n) is 5.24. The minimum absolute atomic E-state index is 0.222. The fourth-order valence-electron chi connectivity index (χ4n) is 3.96. The van der Waals surface area contributed by atoms with Gasteiger partial charge in [0.05, 0.1) is 24.4 Å². The molecule has 1 aromatic carbocycles. The Morgan fingerprint density at radius 2 is 2.07 bits per heavy atom. The van der Waals surface area contributed by atoms with Crippen LogP contribution in [-0.2, 0) is 14.2 Å². The minimum Gasteiger partial charge on any atom is -0.458 e. The van der Waals surface area contributed by atoms with Gasteiger partial charge < -0.3 is 23.6 Å². The van der Waals surface area contributed by atoms with Crippen molar-refractivity contribution in [3.05, 3.63) is 35.5 Å². The van der Waals surface area contributed by atoms with Gasteiger partial charge in [0.2, 0.25) is 5.89 Å². The van der Waals surface area contributed by atoms with Gasteiger partial charge in [-0.15, -0.1) is 0 Å². The number of hydrogen-bond donors (Lipinski definition) is 1. The van der Waals surface area contributed by atoms with Crippen molar-refractivity contribution in [2.24, 2.45) is 0 Å². The van der Waals surface area contributed by atoms with Gasteiger partial charge in [-0.3, -0.25) is 0 Å². The molecule has 156 valence electrons. The SMILES string of the molecule is Cc1c(C(=O)OC(C)C)ncc2[nH]c3ccc4oc(C5COC(C)(C)O5)nc4c3c12. The molecule has 4 heterocycles. The van der Waals surface area contributed by atoms with Crippen LogP contribution in [0.3, 0.4) is 0 Å². The molecule has 30 heavy (non-hydrogen) atoms. The maximum Gasteiger partial charge on any atom is 0.357 e. The Hall–Kier alpha value is -2.97. The lowest BCUT2D eigenvalue weighted by atomic mass is 10.1. The minimum atomic E-state index is -0.671. The van der Waals surface area contributed by atoms with Crippen molar-refractivity contribution in [1.29, 1.82) is 0 Å². The highest BCUT2D eigenvalue weighted by atomic mass is 16.7. The lowest BCUT2D eigenvalue weighted by Crippen LogP contribution is -2.19. The van der Waals surface area contributed by atoms with E-state index < -0.39 is 11.8 Å². The second-order valence-corrected chi connectivity index (χ2v) is 8.30. The van der Waals surface area contributed by atoms with Crippen LogP contribution in [0, 0.1) is 6.92 Å². The van der Waals surface area contributed by atoms with Crippen LogP contribution < -0.4 is 0 Å². The van der Waals surface area contributed by atoms with E-state index in [4.69, 9.17) is 23.6 Å². The molecule has 1 aliphatic heterocycles. The van der Waals surface area contributed by atoms with Crippen LogP contribution in [0.4, 0.5) is 0 Å². The van der Waals surface area contributed by atoms with Crippen molar-refractivity contribution in [3.63, 3.8) is 0 Å². The Bertz CT molecular complexity index is 1300. The number of oxazole rings is 1. The molecule has 5 rings (SSSR count). The summed E-state index contributed by atoms with van der Waals surface area (Å²) in [6.45, 7) is 9.60. The molecule has 8 heteroatoms. The highest BCUT2D eigenvalue weighted by molar-refractivity contribution is 6.20. The zero-order chi connectivity index (χ0) is 21.2. The lowest BCUT2D eigenvalue weighted by molar-refractivity contribution is -0.141. The normalized spacial score (nSPS) is 18.8. The first-order valence-corrected chi connectivity index (χ1v) is 9.96. The van der Waals surface area contributed by atoms with Gasteiger partial charge in [-0.05, 0) is 52.3 Å². The van der Waals surface area contributed by atoms with Crippen LogP contribution in [0.5, 0.6) is 0 Å². The van der Waals surface area contributed by atoms with E-state index >= 15 is 0 Å². The number of esters is 1.